The van der Waals surface area contributed by atoms with E-state index < -0.39 is 30.1 Å². The minimum atomic E-state index is -4.48. The molecule has 0 aliphatic rings. The minimum Gasteiger partial charge on any atom is -0.454 e. The van der Waals surface area contributed by atoms with Gasteiger partial charge in [0.05, 0.1) is 5.56 Å². The Morgan fingerprint density at radius 2 is 1.73 bits per heavy atom. The van der Waals surface area contributed by atoms with Gasteiger partial charge < -0.3 is 10.1 Å². The predicted molar refractivity (Wildman–Crippen MR) is 106 cm³/mol. The first-order chi connectivity index (χ1) is 14.1. The van der Waals surface area contributed by atoms with Crippen molar-refractivity contribution >= 4 is 29.4 Å². The van der Waals surface area contributed by atoms with Gasteiger partial charge in [0.2, 0.25) is 5.91 Å². The smallest absolute Gasteiger partial charge is 0.416 e. The zero-order valence-corrected chi connectivity index (χ0v) is 16.3. The average molecular weight is 419 g/mol. The van der Waals surface area contributed by atoms with Gasteiger partial charge in [0.1, 0.15) is 0 Å². The third kappa shape index (κ3) is 6.88. The number of halogens is 3. The lowest BCUT2D eigenvalue weighted by Crippen LogP contribution is -2.18. The minimum absolute atomic E-state index is 0.157. The van der Waals surface area contributed by atoms with Gasteiger partial charge in [-0.3, -0.25) is 9.59 Å². The summed E-state index contributed by atoms with van der Waals surface area (Å²) in [6, 6.07) is 10.6. The standard InChI is InChI=1S/C22H20F3NO4/c1-14(2)21(29)26-18-9-7-16(8-10-18)19(27)13-30-20(28)11-6-15-4-3-5-17(12-15)22(23,24)25/h3-12,14H,13H2,1-2H3,(H,26,29)/b11-6+. The van der Waals surface area contributed by atoms with Crippen molar-refractivity contribution in [2.75, 3.05) is 11.9 Å². The number of carbonyl (C=O) groups is 3. The van der Waals surface area contributed by atoms with Crippen LogP contribution in [0, 0.1) is 5.92 Å². The van der Waals surface area contributed by atoms with Crippen LogP contribution >= 0.6 is 0 Å². The van der Waals surface area contributed by atoms with E-state index in [0.717, 1.165) is 18.2 Å². The third-order valence-corrected chi connectivity index (χ3v) is 3.97. The second kappa shape index (κ2) is 9.87. The van der Waals surface area contributed by atoms with Gasteiger partial charge in [-0.1, -0.05) is 26.0 Å². The second-order valence-corrected chi connectivity index (χ2v) is 6.71. The lowest BCUT2D eigenvalue weighted by molar-refractivity contribution is -0.138. The number of esters is 1. The summed E-state index contributed by atoms with van der Waals surface area (Å²) in [5.41, 5.74) is 0.159. The summed E-state index contributed by atoms with van der Waals surface area (Å²) in [4.78, 5) is 35.5. The van der Waals surface area contributed by atoms with E-state index in [4.69, 9.17) is 4.74 Å². The topological polar surface area (TPSA) is 72.5 Å². The van der Waals surface area contributed by atoms with E-state index in [1.54, 1.807) is 26.0 Å². The molecular weight excluding hydrogens is 399 g/mol. The fourth-order valence-corrected chi connectivity index (χ4v) is 2.28. The van der Waals surface area contributed by atoms with Crippen molar-refractivity contribution in [3.05, 3.63) is 71.3 Å². The molecule has 30 heavy (non-hydrogen) atoms. The summed E-state index contributed by atoms with van der Waals surface area (Å²) < 4.78 is 42.9. The Kier molecular flexibility index (Phi) is 7.52. The highest BCUT2D eigenvalue weighted by Gasteiger charge is 2.30. The van der Waals surface area contributed by atoms with Crippen molar-refractivity contribution in [3.63, 3.8) is 0 Å². The summed E-state index contributed by atoms with van der Waals surface area (Å²) in [6.07, 6.45) is -2.36. The first-order valence-electron chi connectivity index (χ1n) is 9.02. The van der Waals surface area contributed by atoms with E-state index in [-0.39, 0.29) is 23.0 Å². The quantitative estimate of drug-likeness (QED) is 0.400. The molecule has 0 saturated heterocycles. The van der Waals surface area contributed by atoms with E-state index in [9.17, 15) is 27.6 Å². The number of ketones is 1. The molecule has 8 heteroatoms. The number of benzene rings is 2. The van der Waals surface area contributed by atoms with Crippen LogP contribution in [0.2, 0.25) is 0 Å². The molecule has 158 valence electrons. The van der Waals surface area contributed by atoms with Crippen LogP contribution in [-0.4, -0.2) is 24.3 Å². The van der Waals surface area contributed by atoms with Gasteiger partial charge in [-0.25, -0.2) is 4.79 Å². The van der Waals surface area contributed by atoms with Crippen molar-refractivity contribution < 1.29 is 32.3 Å². The molecule has 0 unspecified atom stereocenters. The molecule has 0 aliphatic heterocycles. The molecule has 2 aromatic carbocycles. The third-order valence-electron chi connectivity index (χ3n) is 3.97. The monoisotopic (exact) mass is 419 g/mol. The van der Waals surface area contributed by atoms with Crippen LogP contribution in [0.15, 0.2) is 54.6 Å². The Morgan fingerprint density at radius 3 is 2.33 bits per heavy atom. The number of carbonyl (C=O) groups excluding carboxylic acids is 3. The fourth-order valence-electron chi connectivity index (χ4n) is 2.28. The summed E-state index contributed by atoms with van der Waals surface area (Å²) in [5, 5.41) is 2.69. The Bertz CT molecular complexity index is 948. The van der Waals surface area contributed by atoms with Crippen molar-refractivity contribution in [2.24, 2.45) is 5.92 Å². The number of rotatable bonds is 7. The molecular formula is C22H20F3NO4. The normalized spacial score (nSPS) is 11.5. The van der Waals surface area contributed by atoms with Crippen LogP contribution < -0.4 is 5.32 Å². The van der Waals surface area contributed by atoms with Gasteiger partial charge in [0, 0.05) is 23.2 Å². The number of hydrogen-bond acceptors (Lipinski definition) is 4. The van der Waals surface area contributed by atoms with E-state index in [1.165, 1.54) is 30.3 Å². The van der Waals surface area contributed by atoms with Crippen molar-refractivity contribution in [3.8, 4) is 0 Å². The van der Waals surface area contributed by atoms with Crippen LogP contribution in [0.3, 0.4) is 0 Å². The summed E-state index contributed by atoms with van der Waals surface area (Å²) >= 11 is 0. The van der Waals surface area contributed by atoms with Gasteiger partial charge in [0.25, 0.3) is 0 Å². The number of hydrogen-bond donors (Lipinski definition) is 1. The molecule has 0 aliphatic carbocycles. The highest BCUT2D eigenvalue weighted by Crippen LogP contribution is 2.29. The highest BCUT2D eigenvalue weighted by molar-refractivity contribution is 5.99. The maximum Gasteiger partial charge on any atom is 0.416 e. The number of anilines is 1. The van der Waals surface area contributed by atoms with Crippen molar-refractivity contribution in [2.45, 2.75) is 20.0 Å². The molecule has 0 aromatic heterocycles. The van der Waals surface area contributed by atoms with E-state index in [1.807, 2.05) is 0 Å². The number of alkyl halides is 3. The van der Waals surface area contributed by atoms with E-state index >= 15 is 0 Å². The molecule has 0 heterocycles. The van der Waals surface area contributed by atoms with Crippen LogP contribution in [0.4, 0.5) is 18.9 Å². The maximum atomic E-state index is 12.7. The molecule has 0 fully saturated rings. The van der Waals surface area contributed by atoms with Crippen LogP contribution in [-0.2, 0) is 20.5 Å². The van der Waals surface area contributed by atoms with Crippen LogP contribution in [0.25, 0.3) is 6.08 Å². The molecule has 0 atom stereocenters. The SMILES string of the molecule is CC(C)C(=O)Nc1ccc(C(=O)COC(=O)/C=C/c2cccc(C(F)(F)F)c2)cc1. The van der Waals surface area contributed by atoms with Crippen LogP contribution in [0.5, 0.6) is 0 Å². The molecule has 0 radical (unpaired) electrons. The number of Topliss-reactive ketones (excluding diaryl/α,β-unsaturated/α-hetero) is 1. The lowest BCUT2D eigenvalue weighted by atomic mass is 10.1. The molecule has 0 saturated carbocycles. The van der Waals surface area contributed by atoms with Gasteiger partial charge in [-0.05, 0) is 48.0 Å². The average Bonchev–Trinajstić information content (AvgIpc) is 2.70. The Balaban J connectivity index is 1.89. The summed E-state index contributed by atoms with van der Waals surface area (Å²) in [7, 11) is 0. The Hall–Kier alpha value is -3.42. The van der Waals surface area contributed by atoms with Crippen LogP contribution in [0.1, 0.15) is 35.3 Å². The summed E-state index contributed by atoms with van der Waals surface area (Å²) in [6.45, 7) is 2.98. The Labute approximate surface area is 171 Å². The Morgan fingerprint density at radius 1 is 1.07 bits per heavy atom. The van der Waals surface area contributed by atoms with Gasteiger partial charge >= 0.3 is 12.1 Å². The molecule has 0 bridgehead atoms. The number of ether oxygens (including phenoxy) is 1. The van der Waals surface area contributed by atoms with Crippen molar-refractivity contribution in [1.82, 2.24) is 0 Å². The van der Waals surface area contributed by atoms with Gasteiger partial charge in [0.15, 0.2) is 12.4 Å². The van der Waals surface area contributed by atoms with Gasteiger partial charge in [-0.15, -0.1) is 0 Å². The highest BCUT2D eigenvalue weighted by atomic mass is 19.4. The predicted octanol–water partition coefficient (Wildman–Crippen LogP) is 4.74. The number of amides is 1. The van der Waals surface area contributed by atoms with Crippen molar-refractivity contribution in [1.29, 1.82) is 0 Å². The zero-order chi connectivity index (χ0) is 22.3. The molecule has 1 amide bonds. The first kappa shape index (κ1) is 22.9. The lowest BCUT2D eigenvalue weighted by Gasteiger charge is -2.08. The molecule has 1 N–H and O–H groups in total. The van der Waals surface area contributed by atoms with E-state index in [2.05, 4.69) is 5.32 Å². The zero-order valence-electron chi connectivity index (χ0n) is 16.3. The summed E-state index contributed by atoms with van der Waals surface area (Å²) in [5.74, 6) is -1.66. The fraction of sp³-hybridized carbons (Fsp3) is 0.227. The molecule has 2 rings (SSSR count). The first-order valence-corrected chi connectivity index (χ1v) is 9.02. The van der Waals surface area contributed by atoms with E-state index in [0.29, 0.717) is 5.69 Å². The molecule has 0 spiro atoms. The second-order valence-electron chi connectivity index (χ2n) is 6.71. The largest absolute Gasteiger partial charge is 0.454 e. The van der Waals surface area contributed by atoms with Gasteiger partial charge in [-0.2, -0.15) is 13.2 Å². The number of nitrogens with one attached hydrogen (secondary N) is 1. The molecule has 5 nitrogen and oxygen atoms in total. The maximum absolute atomic E-state index is 12.7. The molecule has 2 aromatic rings.